The fourth-order valence-corrected chi connectivity index (χ4v) is 11.2. The minimum absolute atomic E-state index is 0.000262. The lowest BCUT2D eigenvalue weighted by atomic mass is 9.36. The number of nitrogens with zero attached hydrogens (tertiary/aromatic N) is 1. The van der Waals surface area contributed by atoms with Gasteiger partial charge in [-0.3, -0.25) is 9.59 Å². The number of ether oxygens (including phenoxy) is 2. The summed E-state index contributed by atoms with van der Waals surface area (Å²) in [6.07, 6.45) is 8.34. The molecule has 0 amide bonds. The van der Waals surface area contributed by atoms with Gasteiger partial charge in [0.1, 0.15) is 11.9 Å². The van der Waals surface area contributed by atoms with E-state index in [9.17, 15) is 19.5 Å². The van der Waals surface area contributed by atoms with Gasteiger partial charge in [-0.15, -0.1) is 0 Å². The largest absolute Gasteiger partial charge is 0.466 e. The number of aromatic nitrogens is 1. The summed E-state index contributed by atoms with van der Waals surface area (Å²) >= 11 is 3.95. The summed E-state index contributed by atoms with van der Waals surface area (Å²) in [4.78, 5) is 39.0. The van der Waals surface area contributed by atoms with Crippen LogP contribution in [0, 0.1) is 39.9 Å². The normalized spacial score (nSPS) is 39.6. The SMILES string of the molecule is COC(=O)/C(CCC(Br)C(C)(C)[n+]1ccccc1)=C1\[C@@H](OC(C)=O)C[C@@]2(C)[C@H]1C[C@@H](O)[C@H]1[C@@]3(C)CCC(=O)[C@@H](C)[C@@H]3CC[C@@]12C. The number of Topliss-reactive ketones (excluding diaryl/α,β-unsaturated/α-hetero) is 1. The molecule has 4 fully saturated rings. The van der Waals surface area contributed by atoms with E-state index in [1.807, 2.05) is 30.6 Å². The number of aliphatic hydroxyl groups is 1. The number of halogens is 1. The number of aliphatic hydroxyl groups excluding tert-OH is 1. The molecule has 4 aliphatic rings. The van der Waals surface area contributed by atoms with Crippen molar-refractivity contribution in [3.63, 3.8) is 0 Å². The van der Waals surface area contributed by atoms with Crippen molar-refractivity contribution in [3.8, 4) is 0 Å². The number of rotatable bonds is 7. The van der Waals surface area contributed by atoms with E-state index in [-0.39, 0.29) is 56.3 Å². The highest BCUT2D eigenvalue weighted by Crippen LogP contribution is 2.74. The standard InChI is InChI=1S/C37H53BrNO6/c1-22-25-14-17-36(6)32(35(25,5)16-15-27(22)41)28(42)20-26-31(29(45-23(2)40)21-37(26,36)7)24(33(43)44-8)12-13-30(38)34(3,4)39-18-10-9-11-19-39/h9-11,18-19,22,25-26,28-30,32,42H,12-17,20-21H2,1-8H3/q+1/b31-24-/t22-,25-,26-,28+,29-,30?,32-,35-,36-,37-/m0/s1. The van der Waals surface area contributed by atoms with Crippen molar-refractivity contribution in [3.05, 3.63) is 41.7 Å². The Morgan fingerprint density at radius 1 is 1.13 bits per heavy atom. The van der Waals surface area contributed by atoms with Crippen LogP contribution in [-0.2, 0) is 29.4 Å². The molecule has 45 heavy (non-hydrogen) atoms. The second-order valence-corrected chi connectivity index (χ2v) is 16.8. The number of ketones is 1. The predicted molar refractivity (Wildman–Crippen MR) is 175 cm³/mol. The van der Waals surface area contributed by atoms with E-state index in [0.717, 1.165) is 24.8 Å². The van der Waals surface area contributed by atoms with E-state index in [2.05, 4.69) is 62.0 Å². The predicted octanol–water partition coefficient (Wildman–Crippen LogP) is 6.48. The summed E-state index contributed by atoms with van der Waals surface area (Å²) in [5.74, 6) is -0.303. The second kappa shape index (κ2) is 12.2. The summed E-state index contributed by atoms with van der Waals surface area (Å²) in [6.45, 7) is 14.8. The third kappa shape index (κ3) is 5.44. The van der Waals surface area contributed by atoms with E-state index in [4.69, 9.17) is 9.47 Å². The Morgan fingerprint density at radius 2 is 1.80 bits per heavy atom. The average molecular weight is 688 g/mol. The van der Waals surface area contributed by atoms with Gasteiger partial charge in [0.2, 0.25) is 0 Å². The number of hydrogen-bond donors (Lipinski definition) is 1. The van der Waals surface area contributed by atoms with Gasteiger partial charge in [-0.2, -0.15) is 4.57 Å². The van der Waals surface area contributed by atoms with Crippen LogP contribution >= 0.6 is 15.9 Å². The maximum absolute atomic E-state index is 13.7. The molecule has 10 atom stereocenters. The minimum Gasteiger partial charge on any atom is -0.466 e. The summed E-state index contributed by atoms with van der Waals surface area (Å²) in [5.41, 5.74) is 0.375. The molecule has 7 nitrogen and oxygen atoms in total. The number of hydrogen-bond acceptors (Lipinski definition) is 6. The van der Waals surface area contributed by atoms with Crippen molar-refractivity contribution < 1.29 is 33.5 Å². The van der Waals surface area contributed by atoms with E-state index < -0.39 is 18.2 Å². The van der Waals surface area contributed by atoms with Crippen molar-refractivity contribution in [2.45, 2.75) is 122 Å². The van der Waals surface area contributed by atoms with Crippen LogP contribution in [0.5, 0.6) is 0 Å². The molecule has 8 heteroatoms. The smallest absolute Gasteiger partial charge is 0.333 e. The molecular weight excluding hydrogens is 634 g/mol. The Bertz CT molecular complexity index is 1360. The van der Waals surface area contributed by atoms with E-state index >= 15 is 0 Å². The summed E-state index contributed by atoms with van der Waals surface area (Å²) in [6, 6.07) is 6.01. The molecule has 1 N–H and O–H groups in total. The highest BCUT2D eigenvalue weighted by atomic mass is 79.9. The van der Waals surface area contributed by atoms with Crippen LogP contribution in [0.25, 0.3) is 0 Å². The Morgan fingerprint density at radius 3 is 2.42 bits per heavy atom. The van der Waals surface area contributed by atoms with Crippen LogP contribution in [0.3, 0.4) is 0 Å². The maximum atomic E-state index is 13.7. The Labute approximate surface area is 277 Å². The van der Waals surface area contributed by atoms with Gasteiger partial charge in [-0.05, 0) is 84.5 Å². The Hall–Kier alpha value is -2.06. The van der Waals surface area contributed by atoms with Crippen LogP contribution in [0.1, 0.15) is 99.8 Å². The molecule has 248 valence electrons. The first kappa shape index (κ1) is 34.3. The Balaban J connectivity index is 1.56. The first-order chi connectivity index (χ1) is 21.0. The monoisotopic (exact) mass is 686 g/mol. The van der Waals surface area contributed by atoms with Gasteiger partial charge in [0.05, 0.1) is 18.0 Å². The van der Waals surface area contributed by atoms with Crippen molar-refractivity contribution >= 4 is 33.7 Å². The molecule has 0 spiro atoms. The topological polar surface area (TPSA) is 93.8 Å². The molecule has 5 rings (SSSR count). The molecule has 4 aliphatic carbocycles. The zero-order chi connectivity index (χ0) is 33.1. The number of carbonyl (C=O) groups excluding carboxylic acids is 3. The second-order valence-electron chi connectivity index (χ2n) is 15.7. The van der Waals surface area contributed by atoms with Crippen molar-refractivity contribution in [2.75, 3.05) is 7.11 Å². The molecule has 1 unspecified atom stereocenters. The zero-order valence-corrected chi connectivity index (χ0v) is 30.0. The van der Waals surface area contributed by atoms with Crippen molar-refractivity contribution in [2.24, 2.45) is 39.9 Å². The molecule has 0 saturated heterocycles. The van der Waals surface area contributed by atoms with Crippen LogP contribution in [-0.4, -0.2) is 47.0 Å². The van der Waals surface area contributed by atoms with E-state index in [1.165, 1.54) is 14.0 Å². The summed E-state index contributed by atoms with van der Waals surface area (Å²) in [5, 5.41) is 12.2. The lowest BCUT2D eigenvalue weighted by Gasteiger charge is -2.68. The van der Waals surface area contributed by atoms with Gasteiger partial charge in [0.25, 0.3) is 0 Å². The van der Waals surface area contributed by atoms with Crippen LogP contribution in [0.2, 0.25) is 0 Å². The average Bonchev–Trinajstić information content (AvgIpc) is 3.26. The fraction of sp³-hybridized carbons (Fsp3) is 0.730. The van der Waals surface area contributed by atoms with Gasteiger partial charge < -0.3 is 14.6 Å². The third-order valence-corrected chi connectivity index (χ3v) is 15.0. The molecule has 0 radical (unpaired) electrons. The Kier molecular flexibility index (Phi) is 9.29. The number of carbonyl (C=O) groups is 3. The van der Waals surface area contributed by atoms with Gasteiger partial charge in [0, 0.05) is 50.8 Å². The van der Waals surface area contributed by atoms with Gasteiger partial charge >= 0.3 is 11.9 Å². The highest BCUT2D eigenvalue weighted by molar-refractivity contribution is 9.09. The van der Waals surface area contributed by atoms with E-state index in [0.29, 0.717) is 43.5 Å². The number of fused-ring (bicyclic) bond motifs is 5. The van der Waals surface area contributed by atoms with Crippen LogP contribution in [0.4, 0.5) is 0 Å². The molecule has 0 aliphatic heterocycles. The number of pyridine rings is 1. The molecular formula is C37H53BrNO6+. The highest BCUT2D eigenvalue weighted by Gasteiger charge is 2.71. The van der Waals surface area contributed by atoms with Crippen LogP contribution < -0.4 is 4.57 Å². The number of methoxy groups -OCH3 is 1. The van der Waals surface area contributed by atoms with Gasteiger partial charge in [-0.1, -0.05) is 49.7 Å². The van der Waals surface area contributed by atoms with E-state index in [1.54, 1.807) is 0 Å². The molecule has 1 aromatic heterocycles. The van der Waals surface area contributed by atoms with Gasteiger partial charge in [-0.25, -0.2) is 4.79 Å². The minimum atomic E-state index is -0.594. The van der Waals surface area contributed by atoms with Gasteiger partial charge in [0.15, 0.2) is 17.9 Å². The first-order valence-corrected chi connectivity index (χ1v) is 17.7. The van der Waals surface area contributed by atoms with Crippen molar-refractivity contribution in [1.29, 1.82) is 0 Å². The lowest BCUT2D eigenvalue weighted by molar-refractivity contribution is -0.757. The fourth-order valence-electron chi connectivity index (χ4n) is 10.8. The van der Waals surface area contributed by atoms with Crippen molar-refractivity contribution in [1.82, 2.24) is 0 Å². The molecule has 1 aromatic rings. The molecule has 0 bridgehead atoms. The quantitative estimate of drug-likeness (QED) is 0.153. The van der Waals surface area contributed by atoms with Crippen LogP contribution in [0.15, 0.2) is 41.7 Å². The summed E-state index contributed by atoms with van der Waals surface area (Å²) < 4.78 is 13.7. The molecule has 0 aromatic carbocycles. The summed E-state index contributed by atoms with van der Waals surface area (Å²) in [7, 11) is 1.41. The third-order valence-electron chi connectivity index (χ3n) is 13.4. The molecule has 1 heterocycles. The first-order valence-electron chi connectivity index (χ1n) is 16.8. The number of esters is 2. The lowest BCUT2D eigenvalue weighted by Crippen LogP contribution is -2.65. The number of alkyl halides is 1. The molecule has 4 saturated carbocycles. The zero-order valence-electron chi connectivity index (χ0n) is 28.4. The maximum Gasteiger partial charge on any atom is 0.333 e.